The molecule has 2 heterocycles. The first-order chi connectivity index (χ1) is 13.0. The number of aromatic nitrogens is 2. The van der Waals surface area contributed by atoms with Crippen molar-refractivity contribution < 1.29 is 4.79 Å². The number of rotatable bonds is 4. The number of carbonyl (C=O) groups excluding carboxylic acids is 1. The van der Waals surface area contributed by atoms with E-state index in [1.807, 2.05) is 26.0 Å². The fourth-order valence-corrected chi connectivity index (χ4v) is 5.97. The highest BCUT2D eigenvalue weighted by molar-refractivity contribution is 8.00. The molecule has 0 bridgehead atoms. The predicted octanol–water partition coefficient (Wildman–Crippen LogP) is 5.16. The molecule has 140 valence electrons. The Morgan fingerprint density at radius 3 is 2.81 bits per heavy atom. The highest BCUT2D eigenvalue weighted by Crippen LogP contribution is 2.40. The molecule has 0 spiro atoms. The van der Waals surface area contributed by atoms with Crippen LogP contribution in [0.4, 0.5) is 5.69 Å². The summed E-state index contributed by atoms with van der Waals surface area (Å²) in [5.41, 5.74) is 4.56. The molecule has 2 aromatic heterocycles. The van der Waals surface area contributed by atoms with Crippen molar-refractivity contribution in [2.75, 3.05) is 11.1 Å². The minimum absolute atomic E-state index is 0.00511. The van der Waals surface area contributed by atoms with Gasteiger partial charge in [-0.2, -0.15) is 0 Å². The Kier molecular flexibility index (Phi) is 5.19. The molecule has 0 saturated carbocycles. The topological polar surface area (TPSA) is 54.9 Å². The lowest BCUT2D eigenvalue weighted by molar-refractivity contribution is -0.113. The van der Waals surface area contributed by atoms with Crippen molar-refractivity contribution in [1.29, 1.82) is 0 Å². The molecular weight excluding hydrogens is 374 g/mol. The van der Waals surface area contributed by atoms with Crippen LogP contribution in [0.2, 0.25) is 0 Å². The zero-order chi connectivity index (χ0) is 19.0. The molecule has 0 saturated heterocycles. The van der Waals surface area contributed by atoms with E-state index in [9.17, 15) is 4.79 Å². The van der Waals surface area contributed by atoms with Crippen LogP contribution in [-0.4, -0.2) is 21.6 Å². The zero-order valence-corrected chi connectivity index (χ0v) is 17.5. The van der Waals surface area contributed by atoms with E-state index in [0.29, 0.717) is 5.75 Å². The SMILES string of the molecule is Cc1cc(C)cc(NC(=O)CSc2ncnc3sc4c(c23)CCC(C)C4)c1. The maximum Gasteiger partial charge on any atom is 0.234 e. The third-order valence-electron chi connectivity index (χ3n) is 4.90. The first-order valence-corrected chi connectivity index (χ1v) is 11.1. The number of benzene rings is 1. The van der Waals surface area contributed by atoms with Crippen LogP contribution in [0.25, 0.3) is 10.2 Å². The molecule has 0 fully saturated rings. The van der Waals surface area contributed by atoms with E-state index < -0.39 is 0 Å². The van der Waals surface area contributed by atoms with Gasteiger partial charge in [-0.1, -0.05) is 24.8 Å². The van der Waals surface area contributed by atoms with Gasteiger partial charge >= 0.3 is 0 Å². The molecule has 1 amide bonds. The summed E-state index contributed by atoms with van der Waals surface area (Å²) in [7, 11) is 0. The van der Waals surface area contributed by atoms with E-state index in [1.165, 1.54) is 34.0 Å². The zero-order valence-electron chi connectivity index (χ0n) is 15.8. The molecule has 27 heavy (non-hydrogen) atoms. The molecule has 1 atom stereocenters. The Balaban J connectivity index is 1.51. The third-order valence-corrected chi connectivity index (χ3v) is 7.05. The van der Waals surface area contributed by atoms with Gasteiger partial charge in [0, 0.05) is 16.0 Å². The summed E-state index contributed by atoms with van der Waals surface area (Å²) in [6.07, 6.45) is 5.06. The summed E-state index contributed by atoms with van der Waals surface area (Å²) >= 11 is 3.30. The number of anilines is 1. The Morgan fingerprint density at radius 1 is 1.26 bits per heavy atom. The van der Waals surface area contributed by atoms with Crippen molar-refractivity contribution in [3.63, 3.8) is 0 Å². The smallest absolute Gasteiger partial charge is 0.234 e. The van der Waals surface area contributed by atoms with Crippen LogP contribution in [0, 0.1) is 19.8 Å². The molecule has 4 rings (SSSR count). The van der Waals surface area contributed by atoms with Crippen LogP contribution >= 0.6 is 23.1 Å². The largest absolute Gasteiger partial charge is 0.325 e. The fraction of sp³-hybridized carbons (Fsp3) is 0.381. The average molecular weight is 398 g/mol. The van der Waals surface area contributed by atoms with E-state index >= 15 is 0 Å². The lowest BCUT2D eigenvalue weighted by Gasteiger charge is -2.18. The molecule has 4 nitrogen and oxygen atoms in total. The van der Waals surface area contributed by atoms with Crippen LogP contribution in [-0.2, 0) is 17.6 Å². The van der Waals surface area contributed by atoms with E-state index in [1.54, 1.807) is 17.7 Å². The van der Waals surface area contributed by atoms with E-state index in [2.05, 4.69) is 28.3 Å². The number of carbonyl (C=O) groups is 1. The average Bonchev–Trinajstić information content (AvgIpc) is 2.96. The number of fused-ring (bicyclic) bond motifs is 3. The Bertz CT molecular complexity index is 992. The molecule has 0 radical (unpaired) electrons. The number of aryl methyl sites for hydroxylation is 3. The van der Waals surface area contributed by atoms with E-state index in [4.69, 9.17) is 0 Å². The van der Waals surface area contributed by atoms with Gasteiger partial charge in [-0.25, -0.2) is 9.97 Å². The summed E-state index contributed by atoms with van der Waals surface area (Å²) in [4.78, 5) is 23.9. The predicted molar refractivity (Wildman–Crippen MR) is 114 cm³/mol. The second-order valence-electron chi connectivity index (χ2n) is 7.42. The minimum atomic E-state index is -0.00511. The quantitative estimate of drug-likeness (QED) is 0.488. The lowest BCUT2D eigenvalue weighted by atomic mass is 9.89. The van der Waals surface area contributed by atoms with Gasteiger partial charge in [0.05, 0.1) is 5.75 Å². The van der Waals surface area contributed by atoms with Gasteiger partial charge in [-0.3, -0.25) is 4.79 Å². The van der Waals surface area contributed by atoms with Crippen molar-refractivity contribution in [3.8, 4) is 0 Å². The summed E-state index contributed by atoms with van der Waals surface area (Å²) in [6, 6.07) is 6.09. The molecule has 1 aliphatic carbocycles. The Morgan fingerprint density at radius 2 is 2.04 bits per heavy atom. The normalized spacial score (nSPS) is 16.3. The first kappa shape index (κ1) is 18.4. The monoisotopic (exact) mass is 397 g/mol. The van der Waals surface area contributed by atoms with Gasteiger partial charge in [-0.05, 0) is 67.9 Å². The summed E-state index contributed by atoms with van der Waals surface area (Å²) in [5, 5.41) is 5.11. The molecular formula is C21H23N3OS2. The molecule has 1 aromatic carbocycles. The van der Waals surface area contributed by atoms with Crippen molar-refractivity contribution in [2.45, 2.75) is 45.1 Å². The second kappa shape index (κ2) is 7.60. The van der Waals surface area contributed by atoms with Crippen LogP contribution in [0.15, 0.2) is 29.6 Å². The number of amides is 1. The third kappa shape index (κ3) is 4.01. The highest BCUT2D eigenvalue weighted by Gasteiger charge is 2.23. The molecule has 0 aliphatic heterocycles. The number of thioether (sulfide) groups is 1. The number of nitrogens with zero attached hydrogens (tertiary/aromatic N) is 2. The lowest BCUT2D eigenvalue weighted by Crippen LogP contribution is -2.14. The highest BCUT2D eigenvalue weighted by atomic mass is 32.2. The number of nitrogens with one attached hydrogen (secondary N) is 1. The van der Waals surface area contributed by atoms with Crippen LogP contribution in [0.5, 0.6) is 0 Å². The van der Waals surface area contributed by atoms with E-state index in [-0.39, 0.29) is 5.91 Å². The van der Waals surface area contributed by atoms with Crippen molar-refractivity contribution >= 4 is 44.9 Å². The molecule has 3 aromatic rings. The minimum Gasteiger partial charge on any atom is -0.325 e. The Hall–Kier alpha value is -1.92. The maximum atomic E-state index is 12.4. The van der Waals surface area contributed by atoms with Gasteiger partial charge < -0.3 is 5.32 Å². The van der Waals surface area contributed by atoms with Gasteiger partial charge in [-0.15, -0.1) is 11.3 Å². The maximum absolute atomic E-state index is 12.4. The van der Waals surface area contributed by atoms with Gasteiger partial charge in [0.15, 0.2) is 0 Å². The van der Waals surface area contributed by atoms with Crippen molar-refractivity contribution in [2.24, 2.45) is 5.92 Å². The Labute approximate surface area is 167 Å². The molecule has 1 aliphatic rings. The van der Waals surface area contributed by atoms with Gasteiger partial charge in [0.2, 0.25) is 5.91 Å². The van der Waals surface area contributed by atoms with Crippen LogP contribution in [0.1, 0.15) is 34.9 Å². The van der Waals surface area contributed by atoms with Crippen molar-refractivity contribution in [1.82, 2.24) is 9.97 Å². The van der Waals surface area contributed by atoms with Gasteiger partial charge in [0.25, 0.3) is 0 Å². The molecule has 6 heteroatoms. The number of hydrogen-bond acceptors (Lipinski definition) is 5. The fourth-order valence-electron chi connectivity index (χ4n) is 3.73. The second-order valence-corrected chi connectivity index (χ2v) is 9.47. The van der Waals surface area contributed by atoms with Crippen molar-refractivity contribution in [3.05, 3.63) is 46.1 Å². The van der Waals surface area contributed by atoms with Crippen LogP contribution in [0.3, 0.4) is 0 Å². The van der Waals surface area contributed by atoms with E-state index in [0.717, 1.165) is 45.4 Å². The summed E-state index contributed by atoms with van der Waals surface area (Å²) < 4.78 is 0. The van der Waals surface area contributed by atoms with Gasteiger partial charge in [0.1, 0.15) is 16.2 Å². The number of hydrogen-bond donors (Lipinski definition) is 1. The summed E-state index contributed by atoms with van der Waals surface area (Å²) in [6.45, 7) is 6.39. The molecule has 1 unspecified atom stereocenters. The van der Waals surface area contributed by atoms with Crippen LogP contribution < -0.4 is 5.32 Å². The first-order valence-electron chi connectivity index (χ1n) is 9.26. The molecule has 1 N–H and O–H groups in total. The standard InChI is InChI=1S/C21H23N3OS2/c1-12-4-5-16-17(9-12)27-21-19(16)20(22-11-23-21)26-10-18(25)24-15-7-13(2)6-14(3)8-15/h6-8,11-12H,4-5,9-10H2,1-3H3,(H,24,25). The number of thiophene rings is 1. The summed E-state index contributed by atoms with van der Waals surface area (Å²) in [5.74, 6) is 1.08.